The van der Waals surface area contributed by atoms with Crippen molar-refractivity contribution in [3.05, 3.63) is 63.7 Å². The lowest BCUT2D eigenvalue weighted by Gasteiger charge is -2.34. The highest BCUT2D eigenvalue weighted by atomic mass is 35.5. The summed E-state index contributed by atoms with van der Waals surface area (Å²) in [6.45, 7) is 8.89. The van der Waals surface area contributed by atoms with E-state index in [4.69, 9.17) is 11.6 Å². The Morgan fingerprint density at radius 2 is 1.61 bits per heavy atom. The summed E-state index contributed by atoms with van der Waals surface area (Å²) in [6, 6.07) is 11.3. The number of nitrogens with zero attached hydrogens (tertiary/aromatic N) is 2. The zero-order valence-corrected chi connectivity index (χ0v) is 17.3. The van der Waals surface area contributed by atoms with E-state index in [9.17, 15) is 9.59 Å². The van der Waals surface area contributed by atoms with Gasteiger partial charge in [0.15, 0.2) is 0 Å². The molecule has 0 aromatic heterocycles. The number of rotatable bonds is 4. The Labute approximate surface area is 171 Å². The highest BCUT2D eigenvalue weighted by Gasteiger charge is 2.23. The van der Waals surface area contributed by atoms with Crippen molar-refractivity contribution in [1.82, 2.24) is 9.80 Å². The van der Waals surface area contributed by atoms with E-state index < -0.39 is 0 Å². The fourth-order valence-corrected chi connectivity index (χ4v) is 3.46. The van der Waals surface area contributed by atoms with Crippen LogP contribution < -0.4 is 5.32 Å². The van der Waals surface area contributed by atoms with E-state index >= 15 is 0 Å². The van der Waals surface area contributed by atoms with Crippen LogP contribution in [0.25, 0.3) is 0 Å². The van der Waals surface area contributed by atoms with Crippen molar-refractivity contribution in [2.24, 2.45) is 0 Å². The average Bonchev–Trinajstić information content (AvgIpc) is 2.67. The van der Waals surface area contributed by atoms with Crippen molar-refractivity contribution in [2.75, 3.05) is 38.0 Å². The number of carbonyl (C=O) groups excluding carboxylic acids is 2. The summed E-state index contributed by atoms with van der Waals surface area (Å²) in [5.74, 6) is -0.0129. The first-order chi connectivity index (χ1) is 13.3. The summed E-state index contributed by atoms with van der Waals surface area (Å²) in [7, 11) is 0. The highest BCUT2D eigenvalue weighted by molar-refractivity contribution is 6.31. The van der Waals surface area contributed by atoms with Gasteiger partial charge in [0.25, 0.3) is 5.91 Å². The first-order valence-corrected chi connectivity index (χ1v) is 9.86. The van der Waals surface area contributed by atoms with Gasteiger partial charge in [0.2, 0.25) is 5.91 Å². The predicted molar refractivity (Wildman–Crippen MR) is 113 cm³/mol. The van der Waals surface area contributed by atoms with Gasteiger partial charge in [0, 0.05) is 42.5 Å². The van der Waals surface area contributed by atoms with E-state index in [1.807, 2.05) is 49.9 Å². The van der Waals surface area contributed by atoms with E-state index in [0.717, 1.165) is 22.4 Å². The fourth-order valence-electron chi connectivity index (χ4n) is 3.29. The smallest absolute Gasteiger partial charge is 0.253 e. The van der Waals surface area contributed by atoms with Crippen LogP contribution in [0.2, 0.25) is 5.02 Å². The van der Waals surface area contributed by atoms with Crippen LogP contribution in [-0.2, 0) is 4.79 Å². The molecule has 1 heterocycles. The molecule has 28 heavy (non-hydrogen) atoms. The number of amides is 2. The molecule has 3 rings (SSSR count). The molecule has 0 saturated carbocycles. The van der Waals surface area contributed by atoms with Crippen LogP contribution in [0.3, 0.4) is 0 Å². The minimum absolute atomic E-state index is 0.0572. The zero-order chi connectivity index (χ0) is 20.3. The normalized spacial score (nSPS) is 14.8. The van der Waals surface area contributed by atoms with Crippen molar-refractivity contribution in [3.63, 3.8) is 0 Å². The first-order valence-electron chi connectivity index (χ1n) is 9.48. The topological polar surface area (TPSA) is 52.7 Å². The third-order valence-corrected chi connectivity index (χ3v) is 5.49. The van der Waals surface area contributed by atoms with Gasteiger partial charge in [0.05, 0.1) is 6.54 Å². The van der Waals surface area contributed by atoms with E-state index in [1.165, 1.54) is 5.56 Å². The van der Waals surface area contributed by atoms with Gasteiger partial charge in [-0.1, -0.05) is 23.7 Å². The van der Waals surface area contributed by atoms with Crippen LogP contribution >= 0.6 is 11.6 Å². The third kappa shape index (κ3) is 4.91. The maximum Gasteiger partial charge on any atom is 0.253 e. The molecule has 0 unspecified atom stereocenters. The largest absolute Gasteiger partial charge is 0.336 e. The lowest BCUT2D eigenvalue weighted by atomic mass is 10.1. The SMILES string of the molecule is Cc1ccc(C(=O)N2CCN(CC(=O)Nc3cc(Cl)ccc3C)CC2)cc1C. The lowest BCUT2D eigenvalue weighted by molar-refractivity contribution is -0.117. The van der Waals surface area contributed by atoms with Gasteiger partial charge in [0.1, 0.15) is 0 Å². The Morgan fingerprint density at radius 1 is 0.929 bits per heavy atom. The molecule has 6 heteroatoms. The van der Waals surface area contributed by atoms with E-state index in [0.29, 0.717) is 37.7 Å². The Bertz CT molecular complexity index is 889. The Kier molecular flexibility index (Phi) is 6.37. The van der Waals surface area contributed by atoms with Crippen LogP contribution in [-0.4, -0.2) is 54.3 Å². The standard InChI is InChI=1S/C22H26ClN3O2/c1-15-4-6-18(12-17(15)3)22(28)26-10-8-25(9-11-26)14-21(27)24-20-13-19(23)7-5-16(20)2/h4-7,12-13H,8-11,14H2,1-3H3,(H,24,27). The number of benzene rings is 2. The van der Waals surface area contributed by atoms with Gasteiger partial charge in [-0.05, 0) is 61.7 Å². The number of aryl methyl sites for hydroxylation is 3. The summed E-state index contributed by atoms with van der Waals surface area (Å²) >= 11 is 6.01. The van der Waals surface area contributed by atoms with Gasteiger partial charge < -0.3 is 10.2 Å². The van der Waals surface area contributed by atoms with Crippen LogP contribution in [0.1, 0.15) is 27.0 Å². The number of halogens is 1. The molecule has 0 spiro atoms. The third-order valence-electron chi connectivity index (χ3n) is 5.25. The van der Waals surface area contributed by atoms with Gasteiger partial charge in [-0.25, -0.2) is 0 Å². The summed E-state index contributed by atoms with van der Waals surface area (Å²) in [4.78, 5) is 29.0. The van der Waals surface area contributed by atoms with Crippen molar-refractivity contribution in [3.8, 4) is 0 Å². The molecule has 1 N–H and O–H groups in total. The minimum Gasteiger partial charge on any atom is -0.336 e. The molecule has 0 atom stereocenters. The van der Waals surface area contributed by atoms with Gasteiger partial charge in [-0.15, -0.1) is 0 Å². The van der Waals surface area contributed by atoms with E-state index in [1.54, 1.807) is 12.1 Å². The maximum absolute atomic E-state index is 12.7. The Hall–Kier alpha value is -2.37. The molecular formula is C22H26ClN3O2. The molecule has 1 fully saturated rings. The maximum atomic E-state index is 12.7. The molecule has 5 nitrogen and oxygen atoms in total. The van der Waals surface area contributed by atoms with Crippen LogP contribution in [0.15, 0.2) is 36.4 Å². The number of hydrogen-bond acceptors (Lipinski definition) is 3. The summed E-state index contributed by atoms with van der Waals surface area (Å²) in [5, 5.41) is 3.52. The monoisotopic (exact) mass is 399 g/mol. The summed E-state index contributed by atoms with van der Waals surface area (Å²) < 4.78 is 0. The van der Waals surface area contributed by atoms with Crippen molar-refractivity contribution >= 4 is 29.1 Å². The second kappa shape index (κ2) is 8.76. The van der Waals surface area contributed by atoms with Crippen molar-refractivity contribution < 1.29 is 9.59 Å². The quantitative estimate of drug-likeness (QED) is 0.853. The van der Waals surface area contributed by atoms with Crippen LogP contribution in [0, 0.1) is 20.8 Å². The molecule has 1 aliphatic rings. The molecule has 148 valence electrons. The molecule has 0 radical (unpaired) electrons. The second-order valence-electron chi connectivity index (χ2n) is 7.37. The number of anilines is 1. The highest BCUT2D eigenvalue weighted by Crippen LogP contribution is 2.20. The molecule has 0 aliphatic carbocycles. The summed E-state index contributed by atoms with van der Waals surface area (Å²) in [6.07, 6.45) is 0. The second-order valence-corrected chi connectivity index (χ2v) is 7.81. The summed E-state index contributed by atoms with van der Waals surface area (Å²) in [5.41, 5.74) is 4.74. The fraction of sp³-hybridized carbons (Fsp3) is 0.364. The van der Waals surface area contributed by atoms with Crippen molar-refractivity contribution in [2.45, 2.75) is 20.8 Å². The first kappa shape index (κ1) is 20.4. The molecular weight excluding hydrogens is 374 g/mol. The van der Waals surface area contributed by atoms with Gasteiger partial charge >= 0.3 is 0 Å². The van der Waals surface area contributed by atoms with Crippen LogP contribution in [0.5, 0.6) is 0 Å². The van der Waals surface area contributed by atoms with Gasteiger partial charge in [-0.3, -0.25) is 14.5 Å². The Balaban J connectivity index is 1.52. The predicted octanol–water partition coefficient (Wildman–Crippen LogP) is 3.66. The van der Waals surface area contributed by atoms with Gasteiger partial charge in [-0.2, -0.15) is 0 Å². The number of carbonyl (C=O) groups is 2. The minimum atomic E-state index is -0.0701. The molecule has 2 aromatic carbocycles. The average molecular weight is 400 g/mol. The van der Waals surface area contributed by atoms with E-state index in [2.05, 4.69) is 10.2 Å². The van der Waals surface area contributed by atoms with E-state index in [-0.39, 0.29) is 11.8 Å². The zero-order valence-electron chi connectivity index (χ0n) is 16.6. The molecule has 1 saturated heterocycles. The van der Waals surface area contributed by atoms with Crippen molar-refractivity contribution in [1.29, 1.82) is 0 Å². The molecule has 0 bridgehead atoms. The number of piperazine rings is 1. The number of hydrogen-bond donors (Lipinski definition) is 1. The Morgan fingerprint density at radius 3 is 2.29 bits per heavy atom. The molecule has 1 aliphatic heterocycles. The molecule has 2 amide bonds. The lowest BCUT2D eigenvalue weighted by Crippen LogP contribution is -2.50. The molecule has 2 aromatic rings. The number of nitrogens with one attached hydrogen (secondary N) is 1. The van der Waals surface area contributed by atoms with Crippen LogP contribution in [0.4, 0.5) is 5.69 Å².